The molecule has 0 atom stereocenters. The van der Waals surface area contributed by atoms with E-state index in [0.29, 0.717) is 0 Å². The molecule has 0 unspecified atom stereocenters. The van der Waals surface area contributed by atoms with Crippen molar-refractivity contribution in [2.24, 2.45) is 0 Å². The van der Waals surface area contributed by atoms with Crippen LogP contribution in [-0.4, -0.2) is 34.4 Å². The van der Waals surface area contributed by atoms with Crippen molar-refractivity contribution in [1.82, 2.24) is 0 Å². The lowest BCUT2D eigenvalue weighted by Crippen LogP contribution is -2.18. The van der Waals surface area contributed by atoms with E-state index < -0.39 is 21.8 Å². The lowest BCUT2D eigenvalue weighted by atomic mass is 10.3. The van der Waals surface area contributed by atoms with Crippen molar-refractivity contribution in [1.29, 1.82) is 0 Å². The van der Waals surface area contributed by atoms with Crippen molar-refractivity contribution in [3.63, 3.8) is 0 Å². The zero-order valence-corrected chi connectivity index (χ0v) is 12.8. The quantitative estimate of drug-likeness (QED) is 0.546. The van der Waals surface area contributed by atoms with Crippen LogP contribution >= 0.6 is 22.3 Å². The van der Waals surface area contributed by atoms with Gasteiger partial charge in [-0.05, 0) is 18.2 Å². The minimum Gasteiger partial charge on any atom is -0.492 e. The van der Waals surface area contributed by atoms with E-state index in [2.05, 4.69) is 4.74 Å². The fourth-order valence-corrected chi connectivity index (χ4v) is 2.56. The van der Waals surface area contributed by atoms with E-state index in [1.165, 1.54) is 12.1 Å². The van der Waals surface area contributed by atoms with E-state index in [0.717, 1.165) is 6.07 Å². The third-order valence-electron chi connectivity index (χ3n) is 2.12. The van der Waals surface area contributed by atoms with Crippen molar-refractivity contribution >= 4 is 31.3 Å². The Morgan fingerprint density at radius 2 is 1.86 bits per heavy atom. The molecule has 120 valence electrons. The van der Waals surface area contributed by atoms with Crippen LogP contribution in [0, 0.1) is 0 Å². The summed E-state index contributed by atoms with van der Waals surface area (Å²) >= 11 is 5.66. The summed E-state index contributed by atoms with van der Waals surface area (Å²) in [5, 5.41) is 0.162. The topological polar surface area (TPSA) is 52.6 Å². The molecule has 1 aromatic carbocycles. The van der Waals surface area contributed by atoms with Crippen LogP contribution in [0.1, 0.15) is 6.42 Å². The first kappa shape index (κ1) is 18.3. The van der Waals surface area contributed by atoms with Gasteiger partial charge in [-0.1, -0.05) is 11.6 Å². The summed E-state index contributed by atoms with van der Waals surface area (Å²) in [4.78, 5) is -0.298. The molecule has 10 heteroatoms. The molecule has 0 amide bonds. The average Bonchev–Trinajstić information content (AvgIpc) is 2.32. The first-order valence-electron chi connectivity index (χ1n) is 5.61. The minimum atomic E-state index is -4.38. The predicted octanol–water partition coefficient (Wildman–Crippen LogP) is 3.62. The Morgan fingerprint density at radius 1 is 1.19 bits per heavy atom. The predicted molar refractivity (Wildman–Crippen MR) is 71.5 cm³/mol. The van der Waals surface area contributed by atoms with E-state index >= 15 is 0 Å². The molecular weight excluding hydrogens is 356 g/mol. The lowest BCUT2D eigenvalue weighted by Gasteiger charge is -2.11. The van der Waals surface area contributed by atoms with Crippen LogP contribution in [0.2, 0.25) is 5.02 Å². The van der Waals surface area contributed by atoms with Gasteiger partial charge >= 0.3 is 6.18 Å². The highest BCUT2D eigenvalue weighted by atomic mass is 35.7. The van der Waals surface area contributed by atoms with Crippen LogP contribution in [0.3, 0.4) is 0 Å². The van der Waals surface area contributed by atoms with E-state index in [4.69, 9.17) is 27.0 Å². The number of ether oxygens (including phenoxy) is 2. The summed E-state index contributed by atoms with van der Waals surface area (Å²) in [6.07, 6.45) is -4.22. The van der Waals surface area contributed by atoms with E-state index in [-0.39, 0.29) is 35.3 Å². The summed E-state index contributed by atoms with van der Waals surface area (Å²) in [6, 6.07) is 3.84. The first-order chi connectivity index (χ1) is 9.59. The van der Waals surface area contributed by atoms with Crippen molar-refractivity contribution in [3.8, 4) is 5.75 Å². The zero-order valence-electron chi connectivity index (χ0n) is 10.5. The molecule has 0 aliphatic carbocycles. The fourth-order valence-electron chi connectivity index (χ4n) is 1.32. The van der Waals surface area contributed by atoms with Gasteiger partial charge in [-0.2, -0.15) is 13.2 Å². The van der Waals surface area contributed by atoms with Gasteiger partial charge in [-0.15, -0.1) is 0 Å². The Labute approximate surface area is 129 Å². The number of benzene rings is 1. The Bertz CT molecular complexity index is 575. The monoisotopic (exact) mass is 366 g/mol. The van der Waals surface area contributed by atoms with Gasteiger partial charge in [-0.3, -0.25) is 0 Å². The summed E-state index contributed by atoms with van der Waals surface area (Å²) in [5.41, 5.74) is 0. The highest BCUT2D eigenvalue weighted by molar-refractivity contribution is 8.13. The zero-order chi connectivity index (χ0) is 16.1. The molecule has 1 aromatic rings. The summed E-state index contributed by atoms with van der Waals surface area (Å²) in [5.74, 6) is -0.0229. The smallest absolute Gasteiger partial charge is 0.411 e. The lowest BCUT2D eigenvalue weighted by molar-refractivity contribution is -0.174. The van der Waals surface area contributed by atoms with Gasteiger partial charge < -0.3 is 9.47 Å². The van der Waals surface area contributed by atoms with Crippen LogP contribution in [0.15, 0.2) is 23.1 Å². The highest BCUT2D eigenvalue weighted by Crippen LogP contribution is 2.29. The summed E-state index contributed by atoms with van der Waals surface area (Å²) in [7, 11) is 1.19. The molecule has 0 spiro atoms. The number of hydrogen-bond acceptors (Lipinski definition) is 4. The largest absolute Gasteiger partial charge is 0.492 e. The average molecular weight is 367 g/mol. The van der Waals surface area contributed by atoms with Gasteiger partial charge in [0.2, 0.25) is 0 Å². The first-order valence-corrected chi connectivity index (χ1v) is 8.30. The van der Waals surface area contributed by atoms with Gasteiger partial charge in [0.05, 0.1) is 13.2 Å². The third-order valence-corrected chi connectivity index (χ3v) is 3.70. The van der Waals surface area contributed by atoms with Crippen molar-refractivity contribution in [2.75, 3.05) is 19.8 Å². The Balaban J connectivity index is 2.50. The van der Waals surface area contributed by atoms with Crippen LogP contribution < -0.4 is 4.74 Å². The van der Waals surface area contributed by atoms with Gasteiger partial charge in [-0.25, -0.2) is 8.42 Å². The Hall–Kier alpha value is -0.700. The molecule has 1 rings (SSSR count). The maximum Gasteiger partial charge on any atom is 0.411 e. The van der Waals surface area contributed by atoms with Crippen LogP contribution in [-0.2, 0) is 13.8 Å². The van der Waals surface area contributed by atoms with E-state index in [1.807, 2.05) is 0 Å². The minimum absolute atomic E-state index is 0.0229. The molecule has 0 bridgehead atoms. The number of alkyl halides is 3. The Kier molecular flexibility index (Phi) is 6.58. The Morgan fingerprint density at radius 3 is 2.43 bits per heavy atom. The molecule has 0 N–H and O–H groups in total. The second-order valence-electron chi connectivity index (χ2n) is 3.90. The number of rotatable bonds is 7. The van der Waals surface area contributed by atoms with Gasteiger partial charge in [0.25, 0.3) is 9.05 Å². The van der Waals surface area contributed by atoms with Crippen LogP contribution in [0.25, 0.3) is 0 Å². The molecule has 0 aliphatic heterocycles. The standard InChI is InChI=1S/C11H11Cl2F3O4S/c12-8-2-3-9(10(6-8)21(13,17)18)20-5-1-4-19-7-11(14,15)16/h2-3,6H,1,4-5,7H2. The summed E-state index contributed by atoms with van der Waals surface area (Å²) < 4.78 is 67.6. The van der Waals surface area contributed by atoms with Gasteiger partial charge in [0.1, 0.15) is 17.3 Å². The second-order valence-corrected chi connectivity index (χ2v) is 6.87. The molecule has 0 saturated heterocycles. The maximum atomic E-state index is 11.8. The van der Waals surface area contributed by atoms with Gasteiger partial charge in [0, 0.05) is 22.1 Å². The SMILES string of the molecule is O=S(=O)(Cl)c1cc(Cl)ccc1OCCCOCC(F)(F)F. The summed E-state index contributed by atoms with van der Waals surface area (Å²) in [6.45, 7) is -1.54. The number of hydrogen-bond donors (Lipinski definition) is 0. The van der Waals surface area contributed by atoms with Crippen molar-refractivity contribution < 1.29 is 31.1 Å². The molecule has 0 aliphatic rings. The number of halogens is 5. The molecule has 0 fully saturated rings. The highest BCUT2D eigenvalue weighted by Gasteiger charge is 2.27. The second kappa shape index (κ2) is 7.53. The van der Waals surface area contributed by atoms with Crippen LogP contribution in [0.5, 0.6) is 5.75 Å². The maximum absolute atomic E-state index is 11.8. The molecule has 0 heterocycles. The fraction of sp³-hybridized carbons (Fsp3) is 0.455. The van der Waals surface area contributed by atoms with Crippen LogP contribution in [0.4, 0.5) is 13.2 Å². The van der Waals surface area contributed by atoms with Crippen molar-refractivity contribution in [2.45, 2.75) is 17.5 Å². The van der Waals surface area contributed by atoms with Gasteiger partial charge in [0.15, 0.2) is 0 Å². The van der Waals surface area contributed by atoms with E-state index in [1.54, 1.807) is 0 Å². The normalized spacial score (nSPS) is 12.4. The molecule has 4 nitrogen and oxygen atoms in total. The molecule has 0 aromatic heterocycles. The molecule has 21 heavy (non-hydrogen) atoms. The molecule has 0 radical (unpaired) electrons. The third kappa shape index (κ3) is 7.21. The van der Waals surface area contributed by atoms with Crippen molar-refractivity contribution in [3.05, 3.63) is 23.2 Å². The molecule has 0 saturated carbocycles. The molecular formula is C11H11Cl2F3O4S. The van der Waals surface area contributed by atoms with E-state index in [9.17, 15) is 21.6 Å².